The highest BCUT2D eigenvalue weighted by molar-refractivity contribution is 5.75. The zero-order valence-corrected chi connectivity index (χ0v) is 13.5. The van der Waals surface area contributed by atoms with E-state index in [1.54, 1.807) is 0 Å². The Labute approximate surface area is 136 Å². The molecule has 0 spiro atoms. The number of hydrogen-bond acceptors (Lipinski definition) is 5. The molecule has 0 N–H and O–H groups in total. The predicted octanol–water partition coefficient (Wildman–Crippen LogP) is 0.927. The van der Waals surface area contributed by atoms with Crippen molar-refractivity contribution in [1.82, 2.24) is 20.0 Å². The average molecular weight is 317 g/mol. The summed E-state index contributed by atoms with van der Waals surface area (Å²) in [6.45, 7) is 4.30. The molecule has 3 aliphatic rings. The summed E-state index contributed by atoms with van der Waals surface area (Å²) < 4.78 is 5.30. The molecule has 2 saturated heterocycles. The van der Waals surface area contributed by atoms with Crippen molar-refractivity contribution in [2.75, 3.05) is 51.3 Å². The van der Waals surface area contributed by atoms with Crippen LogP contribution in [-0.4, -0.2) is 78.5 Å². The Morgan fingerprint density at radius 2 is 1.96 bits per heavy atom. The van der Waals surface area contributed by atoms with Gasteiger partial charge in [0, 0.05) is 39.1 Å². The second-order valence-corrected chi connectivity index (χ2v) is 6.64. The van der Waals surface area contributed by atoms with Crippen LogP contribution in [0.4, 0.5) is 10.6 Å². The van der Waals surface area contributed by atoms with Gasteiger partial charge in [0.15, 0.2) is 5.82 Å². The monoisotopic (exact) mass is 317 g/mol. The van der Waals surface area contributed by atoms with Crippen LogP contribution in [0, 0.1) is 0 Å². The summed E-state index contributed by atoms with van der Waals surface area (Å²) in [5.41, 5.74) is 1.12. The Morgan fingerprint density at radius 1 is 1.22 bits per heavy atom. The highest BCUT2D eigenvalue weighted by Gasteiger charge is 2.35. The van der Waals surface area contributed by atoms with Crippen molar-refractivity contribution < 1.29 is 9.53 Å². The van der Waals surface area contributed by atoms with E-state index in [1.165, 1.54) is 12.8 Å². The van der Waals surface area contributed by atoms with Crippen LogP contribution >= 0.6 is 0 Å². The maximum atomic E-state index is 12.5. The number of amides is 2. The van der Waals surface area contributed by atoms with Crippen molar-refractivity contribution in [2.45, 2.75) is 24.8 Å². The number of carbonyl (C=O) groups is 1. The second kappa shape index (κ2) is 5.96. The summed E-state index contributed by atoms with van der Waals surface area (Å²) in [5, 5.41) is 8.66. The summed E-state index contributed by atoms with van der Waals surface area (Å²) >= 11 is 0. The first-order chi connectivity index (χ1) is 11.2. The minimum atomic E-state index is 0.105. The maximum absolute atomic E-state index is 12.5. The van der Waals surface area contributed by atoms with Crippen molar-refractivity contribution in [3.63, 3.8) is 0 Å². The number of nitrogens with zero attached hydrogens (tertiary/aromatic N) is 5. The minimum absolute atomic E-state index is 0.105. The molecule has 2 aliphatic heterocycles. The molecule has 124 valence electrons. The first-order valence-electron chi connectivity index (χ1n) is 8.40. The number of aromatic nitrogens is 2. The third-order valence-corrected chi connectivity index (χ3v) is 4.98. The van der Waals surface area contributed by atoms with Crippen LogP contribution in [-0.2, 0) is 4.74 Å². The lowest BCUT2D eigenvalue weighted by atomic mass is 10.1. The molecule has 0 unspecified atom stereocenters. The fourth-order valence-electron chi connectivity index (χ4n) is 3.12. The molecule has 0 aromatic carbocycles. The summed E-state index contributed by atoms with van der Waals surface area (Å²) in [5.74, 6) is 1.55. The van der Waals surface area contributed by atoms with Crippen LogP contribution in [0.5, 0.6) is 0 Å². The molecule has 7 nitrogen and oxygen atoms in total. The molecule has 0 radical (unpaired) electrons. The van der Waals surface area contributed by atoms with E-state index < -0.39 is 0 Å². The van der Waals surface area contributed by atoms with E-state index in [-0.39, 0.29) is 12.1 Å². The minimum Gasteiger partial charge on any atom is -0.378 e. The smallest absolute Gasteiger partial charge is 0.320 e. The first kappa shape index (κ1) is 14.7. The van der Waals surface area contributed by atoms with Gasteiger partial charge in [-0.05, 0) is 25.0 Å². The molecule has 1 saturated carbocycles. The quantitative estimate of drug-likeness (QED) is 0.830. The fourth-order valence-corrected chi connectivity index (χ4v) is 3.12. The van der Waals surface area contributed by atoms with E-state index in [4.69, 9.17) is 4.74 Å². The van der Waals surface area contributed by atoms with Gasteiger partial charge < -0.3 is 19.4 Å². The number of hydrogen-bond donors (Lipinski definition) is 0. The van der Waals surface area contributed by atoms with Gasteiger partial charge in [-0.1, -0.05) is 0 Å². The molecule has 1 aromatic heterocycles. The van der Waals surface area contributed by atoms with Crippen LogP contribution in [0.1, 0.15) is 24.5 Å². The Kier molecular flexibility index (Phi) is 3.80. The number of anilines is 1. The second-order valence-electron chi connectivity index (χ2n) is 6.64. The molecular formula is C16H23N5O2. The largest absolute Gasteiger partial charge is 0.378 e. The maximum Gasteiger partial charge on any atom is 0.320 e. The van der Waals surface area contributed by atoms with Gasteiger partial charge >= 0.3 is 6.03 Å². The molecule has 4 rings (SSSR count). The highest BCUT2D eigenvalue weighted by atomic mass is 16.5. The molecule has 0 atom stereocenters. The Bertz CT molecular complexity index is 562. The molecule has 1 aliphatic carbocycles. The lowest BCUT2D eigenvalue weighted by Gasteiger charge is -2.45. The third-order valence-electron chi connectivity index (χ3n) is 4.98. The van der Waals surface area contributed by atoms with Gasteiger partial charge in [0.2, 0.25) is 0 Å². The van der Waals surface area contributed by atoms with Crippen molar-refractivity contribution >= 4 is 11.8 Å². The molecule has 23 heavy (non-hydrogen) atoms. The van der Waals surface area contributed by atoms with Gasteiger partial charge in [0.05, 0.1) is 24.9 Å². The van der Waals surface area contributed by atoms with Crippen LogP contribution in [0.25, 0.3) is 0 Å². The van der Waals surface area contributed by atoms with Crippen LogP contribution in [0.2, 0.25) is 0 Å². The van der Waals surface area contributed by atoms with E-state index in [2.05, 4.69) is 27.2 Å². The van der Waals surface area contributed by atoms with E-state index in [1.807, 2.05) is 16.8 Å². The van der Waals surface area contributed by atoms with Crippen LogP contribution < -0.4 is 4.90 Å². The van der Waals surface area contributed by atoms with E-state index >= 15 is 0 Å². The number of morpholine rings is 1. The average Bonchev–Trinajstić information content (AvgIpc) is 3.39. The molecule has 2 amide bonds. The zero-order valence-electron chi connectivity index (χ0n) is 13.5. The summed E-state index contributed by atoms with van der Waals surface area (Å²) in [4.78, 5) is 18.4. The van der Waals surface area contributed by atoms with E-state index in [0.29, 0.717) is 32.2 Å². The molecule has 3 heterocycles. The Hall–Kier alpha value is -1.89. The Balaban J connectivity index is 1.30. The van der Waals surface area contributed by atoms with Gasteiger partial charge in [-0.25, -0.2) is 4.79 Å². The van der Waals surface area contributed by atoms with Crippen LogP contribution in [0.15, 0.2) is 12.1 Å². The zero-order chi connectivity index (χ0) is 15.8. The lowest BCUT2D eigenvalue weighted by Crippen LogP contribution is -2.62. The molecule has 1 aromatic rings. The summed E-state index contributed by atoms with van der Waals surface area (Å²) in [6, 6.07) is 4.50. The number of likely N-dealkylation sites (N-methyl/N-ethyl adjacent to an activating group) is 1. The molecular weight excluding hydrogens is 294 g/mol. The number of ether oxygens (including phenoxy) is 1. The SMILES string of the molecule is CN(C(=O)N1CCOCC1)C1CN(c2ccc(C3CC3)nn2)C1. The van der Waals surface area contributed by atoms with Crippen molar-refractivity contribution in [2.24, 2.45) is 0 Å². The lowest BCUT2D eigenvalue weighted by molar-refractivity contribution is 0.0407. The third kappa shape index (κ3) is 2.97. The normalized spacial score (nSPS) is 22.0. The van der Waals surface area contributed by atoms with Gasteiger partial charge in [-0.15, -0.1) is 5.10 Å². The summed E-state index contributed by atoms with van der Waals surface area (Å²) in [6.07, 6.45) is 2.49. The topological polar surface area (TPSA) is 61.8 Å². The summed E-state index contributed by atoms with van der Waals surface area (Å²) in [7, 11) is 1.89. The molecule has 7 heteroatoms. The van der Waals surface area contributed by atoms with Crippen molar-refractivity contribution in [3.8, 4) is 0 Å². The van der Waals surface area contributed by atoms with Crippen molar-refractivity contribution in [3.05, 3.63) is 17.8 Å². The van der Waals surface area contributed by atoms with Crippen LogP contribution in [0.3, 0.4) is 0 Å². The van der Waals surface area contributed by atoms with Gasteiger partial charge in [-0.2, -0.15) is 5.10 Å². The predicted molar refractivity (Wildman–Crippen MR) is 85.6 cm³/mol. The number of rotatable bonds is 3. The van der Waals surface area contributed by atoms with Gasteiger partial charge in [0.1, 0.15) is 0 Å². The fraction of sp³-hybridized carbons (Fsp3) is 0.688. The van der Waals surface area contributed by atoms with Crippen molar-refractivity contribution in [1.29, 1.82) is 0 Å². The van der Waals surface area contributed by atoms with Gasteiger partial charge in [0.25, 0.3) is 0 Å². The molecule has 3 fully saturated rings. The number of urea groups is 1. The van der Waals surface area contributed by atoms with E-state index in [9.17, 15) is 4.79 Å². The first-order valence-corrected chi connectivity index (χ1v) is 8.40. The number of carbonyl (C=O) groups excluding carboxylic acids is 1. The Morgan fingerprint density at radius 3 is 2.57 bits per heavy atom. The standard InChI is InChI=1S/C16H23N5O2/c1-19(16(22)20-6-8-23-9-7-20)13-10-21(11-13)15-5-4-14(17-18-15)12-2-3-12/h4-5,12-13H,2-3,6-11H2,1H3. The van der Waals surface area contributed by atoms with E-state index in [0.717, 1.165) is 24.6 Å². The highest BCUT2D eigenvalue weighted by Crippen LogP contribution is 2.38. The molecule has 0 bridgehead atoms. The van der Waals surface area contributed by atoms with Gasteiger partial charge in [-0.3, -0.25) is 0 Å².